The number of alkyl halides is 3. The molecule has 2 heterocycles. The molecule has 0 unspecified atom stereocenters. The molecule has 0 atom stereocenters. The molecule has 1 aromatic heterocycles. The van der Waals surface area contributed by atoms with Crippen LogP contribution in [0.3, 0.4) is 0 Å². The zero-order valence-electron chi connectivity index (χ0n) is 13.1. The molecule has 1 saturated heterocycles. The maximum Gasteiger partial charge on any atom is 0.427 e. The Hall–Kier alpha value is -1.51. The molecule has 0 radical (unpaired) electrons. The van der Waals surface area contributed by atoms with Crippen LogP contribution in [-0.4, -0.2) is 48.8 Å². The monoisotopic (exact) mass is 351 g/mol. The van der Waals surface area contributed by atoms with Crippen molar-refractivity contribution in [1.82, 2.24) is 9.88 Å². The molecule has 0 bridgehead atoms. The summed E-state index contributed by atoms with van der Waals surface area (Å²) in [6.45, 7) is 6.24. The first kappa shape index (κ1) is 17.8. The fourth-order valence-corrected chi connectivity index (χ4v) is 3.00. The van der Waals surface area contributed by atoms with Gasteiger partial charge in [-0.25, -0.2) is 9.78 Å². The molecule has 1 fully saturated rings. The second-order valence-electron chi connectivity index (χ2n) is 5.80. The number of halogens is 3. The highest BCUT2D eigenvalue weighted by Gasteiger charge is 2.34. The minimum Gasteiger partial charge on any atom is -0.449 e. The first-order valence-electron chi connectivity index (χ1n) is 7.47. The highest BCUT2D eigenvalue weighted by Crippen LogP contribution is 2.36. The van der Waals surface area contributed by atoms with E-state index in [0.717, 1.165) is 6.20 Å². The number of nitrogens with zero attached hydrogens (tertiary/aromatic N) is 3. The van der Waals surface area contributed by atoms with Gasteiger partial charge in [-0.2, -0.15) is 13.2 Å². The van der Waals surface area contributed by atoms with Crippen LogP contribution in [0.2, 0.25) is 0 Å². The van der Waals surface area contributed by atoms with E-state index in [1.807, 2.05) is 13.8 Å². The van der Waals surface area contributed by atoms with Gasteiger partial charge in [0.15, 0.2) is 5.13 Å². The van der Waals surface area contributed by atoms with Crippen molar-refractivity contribution < 1.29 is 22.7 Å². The Morgan fingerprint density at radius 1 is 1.35 bits per heavy atom. The molecule has 1 amide bonds. The summed E-state index contributed by atoms with van der Waals surface area (Å²) in [5.74, 6) is 0.263. The van der Waals surface area contributed by atoms with Gasteiger partial charge in [0.25, 0.3) is 0 Å². The van der Waals surface area contributed by atoms with E-state index in [9.17, 15) is 18.0 Å². The largest absolute Gasteiger partial charge is 0.449 e. The molecule has 5 nitrogen and oxygen atoms in total. The van der Waals surface area contributed by atoms with E-state index in [4.69, 9.17) is 4.74 Å². The lowest BCUT2D eigenvalue weighted by atomic mass is 10.2. The molecule has 1 aromatic rings. The first-order chi connectivity index (χ1) is 10.8. The number of carbonyl (C=O) groups excluding carboxylic acids is 1. The fraction of sp³-hybridized carbons (Fsp3) is 0.714. The van der Waals surface area contributed by atoms with Gasteiger partial charge in [-0.3, -0.25) is 0 Å². The molecule has 23 heavy (non-hydrogen) atoms. The second-order valence-corrected chi connectivity index (χ2v) is 6.81. The van der Waals surface area contributed by atoms with Crippen LogP contribution in [0.5, 0.6) is 0 Å². The van der Waals surface area contributed by atoms with Crippen LogP contribution >= 0.6 is 11.3 Å². The van der Waals surface area contributed by atoms with E-state index in [0.29, 0.717) is 55.7 Å². The molecular formula is C14H20F3N3O2S. The van der Waals surface area contributed by atoms with Crippen molar-refractivity contribution in [2.75, 3.05) is 37.7 Å². The summed E-state index contributed by atoms with van der Waals surface area (Å²) in [5, 5.41) is 0.342. The maximum atomic E-state index is 12.6. The van der Waals surface area contributed by atoms with E-state index < -0.39 is 11.1 Å². The van der Waals surface area contributed by atoms with Crippen LogP contribution in [-0.2, 0) is 10.9 Å². The summed E-state index contributed by atoms with van der Waals surface area (Å²) < 4.78 is 43.1. The number of carbonyl (C=O) groups is 1. The lowest BCUT2D eigenvalue weighted by Gasteiger charge is -2.21. The van der Waals surface area contributed by atoms with Crippen molar-refractivity contribution in [3.63, 3.8) is 0 Å². The summed E-state index contributed by atoms with van der Waals surface area (Å²) in [7, 11) is 0. The lowest BCUT2D eigenvalue weighted by molar-refractivity contribution is -0.134. The maximum absolute atomic E-state index is 12.6. The summed E-state index contributed by atoms with van der Waals surface area (Å²) in [6, 6.07) is 0. The Kier molecular flexibility index (Phi) is 5.72. The van der Waals surface area contributed by atoms with Gasteiger partial charge in [-0.05, 0) is 12.3 Å². The van der Waals surface area contributed by atoms with E-state index in [-0.39, 0.29) is 12.0 Å². The molecule has 1 aliphatic rings. The van der Waals surface area contributed by atoms with Crippen LogP contribution in [0.25, 0.3) is 0 Å². The third-order valence-electron chi connectivity index (χ3n) is 3.34. The average Bonchev–Trinajstić information content (AvgIpc) is 2.84. The van der Waals surface area contributed by atoms with Crippen LogP contribution < -0.4 is 4.90 Å². The Bertz CT molecular complexity index is 534. The minimum absolute atomic E-state index is 0.263. The number of hydrogen-bond donors (Lipinski definition) is 0. The van der Waals surface area contributed by atoms with Crippen molar-refractivity contribution in [3.8, 4) is 0 Å². The van der Waals surface area contributed by atoms with Crippen molar-refractivity contribution in [3.05, 3.63) is 11.1 Å². The Morgan fingerprint density at radius 3 is 2.70 bits per heavy atom. The van der Waals surface area contributed by atoms with Crippen molar-refractivity contribution in [2.24, 2.45) is 5.92 Å². The number of rotatable bonds is 3. The standard InChI is InChI=1S/C14H20F3N3O2S/c1-10(2)9-22-13(21)20-5-3-4-19(6-7-20)12-18-8-11(23-12)14(15,16)17/h8,10H,3-7,9H2,1-2H3. The zero-order valence-corrected chi connectivity index (χ0v) is 13.9. The Morgan fingerprint density at radius 2 is 2.09 bits per heavy atom. The molecular weight excluding hydrogens is 331 g/mol. The van der Waals surface area contributed by atoms with Crippen LogP contribution in [0.4, 0.5) is 23.1 Å². The SMILES string of the molecule is CC(C)COC(=O)N1CCCN(c2ncc(C(F)(F)F)s2)CC1. The number of hydrogen-bond acceptors (Lipinski definition) is 5. The first-order valence-corrected chi connectivity index (χ1v) is 8.28. The molecule has 0 spiro atoms. The second kappa shape index (κ2) is 7.37. The van der Waals surface area contributed by atoms with E-state index >= 15 is 0 Å². The molecule has 130 valence electrons. The Labute approximate surface area is 137 Å². The number of thiazole rings is 1. The number of aromatic nitrogens is 1. The summed E-state index contributed by atoms with van der Waals surface area (Å²) >= 11 is 0.635. The van der Waals surface area contributed by atoms with E-state index in [1.54, 1.807) is 9.80 Å². The van der Waals surface area contributed by atoms with E-state index in [2.05, 4.69) is 4.98 Å². The van der Waals surface area contributed by atoms with Gasteiger partial charge in [-0.1, -0.05) is 25.2 Å². The third-order valence-corrected chi connectivity index (χ3v) is 4.44. The topological polar surface area (TPSA) is 45.7 Å². The van der Waals surface area contributed by atoms with Gasteiger partial charge in [0.1, 0.15) is 4.88 Å². The van der Waals surface area contributed by atoms with Crippen molar-refractivity contribution in [2.45, 2.75) is 26.4 Å². The van der Waals surface area contributed by atoms with Crippen LogP contribution in [0, 0.1) is 5.92 Å². The molecule has 0 aromatic carbocycles. The van der Waals surface area contributed by atoms with Gasteiger partial charge in [0.2, 0.25) is 0 Å². The molecule has 9 heteroatoms. The third kappa shape index (κ3) is 4.98. The molecule has 1 aliphatic heterocycles. The number of amides is 1. The molecule has 2 rings (SSSR count). The predicted molar refractivity (Wildman–Crippen MR) is 81.7 cm³/mol. The molecule has 0 N–H and O–H groups in total. The fourth-order valence-electron chi connectivity index (χ4n) is 2.16. The Balaban J connectivity index is 1.93. The van der Waals surface area contributed by atoms with Crippen LogP contribution in [0.15, 0.2) is 6.20 Å². The normalized spacial score (nSPS) is 16.6. The van der Waals surface area contributed by atoms with Crippen molar-refractivity contribution in [1.29, 1.82) is 0 Å². The number of anilines is 1. The smallest absolute Gasteiger partial charge is 0.427 e. The average molecular weight is 351 g/mol. The summed E-state index contributed by atoms with van der Waals surface area (Å²) in [5.41, 5.74) is 0. The summed E-state index contributed by atoms with van der Waals surface area (Å²) in [4.78, 5) is 18.5. The van der Waals surface area contributed by atoms with Gasteiger partial charge in [-0.15, -0.1) is 0 Å². The highest BCUT2D eigenvalue weighted by molar-refractivity contribution is 7.15. The predicted octanol–water partition coefficient (Wildman–Crippen LogP) is 3.47. The molecule has 0 saturated carbocycles. The van der Waals surface area contributed by atoms with Gasteiger partial charge in [0, 0.05) is 26.2 Å². The highest BCUT2D eigenvalue weighted by atomic mass is 32.1. The van der Waals surface area contributed by atoms with Gasteiger partial charge < -0.3 is 14.5 Å². The zero-order chi connectivity index (χ0) is 17.0. The van der Waals surface area contributed by atoms with Crippen molar-refractivity contribution >= 4 is 22.6 Å². The van der Waals surface area contributed by atoms with Gasteiger partial charge >= 0.3 is 12.3 Å². The van der Waals surface area contributed by atoms with Crippen LogP contribution in [0.1, 0.15) is 25.1 Å². The lowest BCUT2D eigenvalue weighted by Crippen LogP contribution is -2.36. The minimum atomic E-state index is -4.37. The van der Waals surface area contributed by atoms with E-state index in [1.165, 1.54) is 0 Å². The quantitative estimate of drug-likeness (QED) is 0.837. The summed E-state index contributed by atoms with van der Waals surface area (Å²) in [6.07, 6.45) is -3.21. The van der Waals surface area contributed by atoms with Gasteiger partial charge in [0.05, 0.1) is 12.8 Å². The number of ether oxygens (including phenoxy) is 1. The molecule has 0 aliphatic carbocycles.